The number of aliphatic hydroxyl groups excluding tert-OH is 1. The number of hydrogen-bond acceptors (Lipinski definition) is 5. The first kappa shape index (κ1) is 22.1. The van der Waals surface area contributed by atoms with Crippen LogP contribution in [0.1, 0.15) is 63.4 Å². The lowest BCUT2D eigenvalue weighted by atomic mass is 9.73. The number of aromatic nitrogens is 2. The fraction of sp³-hybridized carbons (Fsp3) is 0.600. The number of aliphatic hydroxyl groups is 1. The molecular formula is C25H32N4O4. The smallest absolute Gasteiger partial charge is 0.245 e. The average molecular weight is 453 g/mol. The van der Waals surface area contributed by atoms with E-state index in [0.717, 1.165) is 30.2 Å². The number of carbonyl (C=O) groups is 3. The number of amides is 2. The molecule has 176 valence electrons. The monoisotopic (exact) mass is 452 g/mol. The van der Waals surface area contributed by atoms with Gasteiger partial charge in [0, 0.05) is 24.4 Å². The van der Waals surface area contributed by atoms with Crippen molar-refractivity contribution >= 4 is 28.5 Å². The van der Waals surface area contributed by atoms with E-state index in [-0.39, 0.29) is 41.6 Å². The Morgan fingerprint density at radius 2 is 1.91 bits per heavy atom. The SMILES string of the molecule is CC(=O)c1nn(CC(=O)N2[C@@H]3C[C@@H]3C[C@H]2C(=O)N[C@H]2C[C@@H](O)CC(C)(C)C2)c2ccccc12. The van der Waals surface area contributed by atoms with Gasteiger partial charge in [0.1, 0.15) is 18.3 Å². The topological polar surface area (TPSA) is 105 Å². The average Bonchev–Trinajstić information content (AvgIpc) is 3.22. The number of fused-ring (bicyclic) bond motifs is 2. The van der Waals surface area contributed by atoms with Crippen LogP contribution in [0, 0.1) is 11.3 Å². The molecule has 2 N–H and O–H groups in total. The highest BCUT2D eigenvalue weighted by molar-refractivity contribution is 6.05. The summed E-state index contributed by atoms with van der Waals surface area (Å²) in [5, 5.41) is 18.5. The second-order valence-corrected chi connectivity index (χ2v) is 10.9. The third-order valence-electron chi connectivity index (χ3n) is 7.46. The van der Waals surface area contributed by atoms with Gasteiger partial charge in [-0.1, -0.05) is 32.0 Å². The number of carbonyl (C=O) groups excluding carboxylic acids is 3. The number of nitrogens with zero attached hydrogens (tertiary/aromatic N) is 3. The minimum absolute atomic E-state index is 0.00400. The maximum atomic E-state index is 13.4. The van der Waals surface area contributed by atoms with E-state index in [9.17, 15) is 19.5 Å². The van der Waals surface area contributed by atoms with E-state index in [2.05, 4.69) is 24.3 Å². The molecule has 8 nitrogen and oxygen atoms in total. The number of benzene rings is 1. The van der Waals surface area contributed by atoms with Crippen molar-refractivity contribution in [2.75, 3.05) is 0 Å². The molecule has 0 radical (unpaired) electrons. The van der Waals surface area contributed by atoms with Gasteiger partial charge in [-0.25, -0.2) is 0 Å². The van der Waals surface area contributed by atoms with E-state index in [1.165, 1.54) is 6.92 Å². The van der Waals surface area contributed by atoms with Crippen LogP contribution >= 0.6 is 0 Å². The van der Waals surface area contributed by atoms with Crippen molar-refractivity contribution in [1.82, 2.24) is 20.0 Å². The molecule has 1 saturated heterocycles. The quantitative estimate of drug-likeness (QED) is 0.678. The maximum absolute atomic E-state index is 13.4. The first-order valence-electron chi connectivity index (χ1n) is 11.9. The van der Waals surface area contributed by atoms with Gasteiger partial charge in [0.05, 0.1) is 11.6 Å². The lowest BCUT2D eigenvalue weighted by molar-refractivity contribution is -0.141. The van der Waals surface area contributed by atoms with Crippen molar-refractivity contribution in [3.63, 3.8) is 0 Å². The van der Waals surface area contributed by atoms with E-state index < -0.39 is 12.1 Å². The van der Waals surface area contributed by atoms with Crippen LogP contribution in [-0.4, -0.2) is 61.6 Å². The molecule has 1 aromatic heterocycles. The third kappa shape index (κ3) is 4.16. The van der Waals surface area contributed by atoms with Crippen molar-refractivity contribution in [2.24, 2.45) is 11.3 Å². The number of hydrogen-bond donors (Lipinski definition) is 2. The minimum Gasteiger partial charge on any atom is -0.393 e. The lowest BCUT2D eigenvalue weighted by Crippen LogP contribution is -2.53. The highest BCUT2D eigenvalue weighted by atomic mass is 16.3. The molecular weight excluding hydrogens is 420 g/mol. The summed E-state index contributed by atoms with van der Waals surface area (Å²) >= 11 is 0. The Labute approximate surface area is 193 Å². The molecule has 0 unspecified atom stereocenters. The molecule has 5 rings (SSSR count). The van der Waals surface area contributed by atoms with Crippen LogP contribution in [0.4, 0.5) is 0 Å². The number of Topliss-reactive ketones (excluding diaryl/α,β-unsaturated/α-hetero) is 1. The van der Waals surface area contributed by atoms with Crippen molar-refractivity contribution in [1.29, 1.82) is 0 Å². The van der Waals surface area contributed by atoms with E-state index in [1.807, 2.05) is 24.3 Å². The number of piperidine rings is 1. The van der Waals surface area contributed by atoms with Crippen molar-refractivity contribution in [3.05, 3.63) is 30.0 Å². The fourth-order valence-corrected chi connectivity index (χ4v) is 6.06. The summed E-state index contributed by atoms with van der Waals surface area (Å²) in [6.45, 7) is 5.69. The van der Waals surface area contributed by atoms with Gasteiger partial charge in [-0.15, -0.1) is 0 Å². The van der Waals surface area contributed by atoms with Crippen LogP contribution in [0.2, 0.25) is 0 Å². The fourth-order valence-electron chi connectivity index (χ4n) is 6.06. The number of para-hydroxylation sites is 1. The lowest BCUT2D eigenvalue weighted by Gasteiger charge is -2.39. The van der Waals surface area contributed by atoms with Gasteiger partial charge in [0.15, 0.2) is 5.78 Å². The first-order chi connectivity index (χ1) is 15.6. The molecule has 0 spiro atoms. The van der Waals surface area contributed by atoms with Crippen LogP contribution < -0.4 is 5.32 Å². The molecule has 2 heterocycles. The summed E-state index contributed by atoms with van der Waals surface area (Å²) in [4.78, 5) is 40.4. The van der Waals surface area contributed by atoms with Crippen LogP contribution in [-0.2, 0) is 16.1 Å². The number of nitrogens with one attached hydrogen (secondary N) is 1. The highest BCUT2D eigenvalue weighted by Crippen LogP contribution is 2.48. The number of rotatable bonds is 5. The van der Waals surface area contributed by atoms with Gasteiger partial charge < -0.3 is 15.3 Å². The minimum atomic E-state index is -0.488. The second kappa shape index (κ2) is 7.94. The predicted molar refractivity (Wildman–Crippen MR) is 122 cm³/mol. The molecule has 3 aliphatic rings. The van der Waals surface area contributed by atoms with Crippen molar-refractivity contribution in [3.8, 4) is 0 Å². The summed E-state index contributed by atoms with van der Waals surface area (Å²) in [6.07, 6.45) is 3.30. The Morgan fingerprint density at radius 3 is 2.64 bits per heavy atom. The van der Waals surface area contributed by atoms with Gasteiger partial charge in [-0.3, -0.25) is 19.1 Å². The molecule has 2 saturated carbocycles. The summed E-state index contributed by atoms with van der Waals surface area (Å²) < 4.78 is 1.58. The first-order valence-corrected chi connectivity index (χ1v) is 11.9. The molecule has 1 aliphatic heterocycles. The zero-order valence-corrected chi connectivity index (χ0v) is 19.5. The molecule has 33 heavy (non-hydrogen) atoms. The van der Waals surface area contributed by atoms with E-state index in [4.69, 9.17) is 0 Å². The molecule has 1 aromatic carbocycles. The zero-order chi connectivity index (χ0) is 23.5. The van der Waals surface area contributed by atoms with Gasteiger partial charge in [0.25, 0.3) is 0 Å². The Kier molecular flexibility index (Phi) is 5.31. The van der Waals surface area contributed by atoms with Gasteiger partial charge in [-0.2, -0.15) is 5.10 Å². The Bertz CT molecular complexity index is 1120. The predicted octanol–water partition coefficient (Wildman–Crippen LogP) is 2.28. The van der Waals surface area contributed by atoms with E-state index >= 15 is 0 Å². The highest BCUT2D eigenvalue weighted by Gasteiger charge is 2.56. The standard InChI is InChI=1S/C25H32N4O4/c1-14(30)23-18-6-4-5-7-19(18)28(27-23)13-22(32)29-20-8-15(20)9-21(29)24(33)26-16-10-17(31)12-25(2,3)11-16/h4-7,15-17,20-21,31H,8-13H2,1-3H3,(H,26,33)/t15-,16+,17-,20-,21+/m1/s1. The van der Waals surface area contributed by atoms with E-state index in [0.29, 0.717) is 24.5 Å². The molecule has 5 atom stereocenters. The molecule has 2 amide bonds. The third-order valence-corrected chi connectivity index (χ3v) is 7.46. The summed E-state index contributed by atoms with van der Waals surface area (Å²) in [7, 11) is 0. The molecule has 0 bridgehead atoms. The van der Waals surface area contributed by atoms with Crippen LogP contribution in [0.25, 0.3) is 10.9 Å². The van der Waals surface area contributed by atoms with Crippen LogP contribution in [0.15, 0.2) is 24.3 Å². The van der Waals surface area contributed by atoms with Crippen LogP contribution in [0.5, 0.6) is 0 Å². The zero-order valence-electron chi connectivity index (χ0n) is 19.5. The van der Waals surface area contributed by atoms with Gasteiger partial charge in [0.2, 0.25) is 11.8 Å². The Morgan fingerprint density at radius 1 is 1.15 bits per heavy atom. The Balaban J connectivity index is 1.33. The summed E-state index contributed by atoms with van der Waals surface area (Å²) in [5.74, 6) is -0.0383. The van der Waals surface area contributed by atoms with Crippen LogP contribution in [0.3, 0.4) is 0 Å². The number of likely N-dealkylation sites (tertiary alicyclic amines) is 1. The van der Waals surface area contributed by atoms with Gasteiger partial charge in [-0.05, 0) is 49.5 Å². The maximum Gasteiger partial charge on any atom is 0.245 e. The molecule has 2 aromatic rings. The van der Waals surface area contributed by atoms with Gasteiger partial charge >= 0.3 is 0 Å². The Hall–Kier alpha value is -2.74. The summed E-state index contributed by atoms with van der Waals surface area (Å²) in [6, 6.07) is 6.93. The number of ketones is 1. The summed E-state index contributed by atoms with van der Waals surface area (Å²) in [5.41, 5.74) is 1.07. The van der Waals surface area contributed by atoms with Crippen molar-refractivity contribution in [2.45, 2.75) is 83.6 Å². The molecule has 3 fully saturated rings. The molecule has 2 aliphatic carbocycles. The van der Waals surface area contributed by atoms with E-state index in [1.54, 1.807) is 9.58 Å². The largest absolute Gasteiger partial charge is 0.393 e. The second-order valence-electron chi connectivity index (χ2n) is 10.9. The molecule has 8 heteroatoms. The normalized spacial score (nSPS) is 30.2. The van der Waals surface area contributed by atoms with Crippen molar-refractivity contribution < 1.29 is 19.5 Å².